The second kappa shape index (κ2) is 3.18. The van der Waals surface area contributed by atoms with Crippen molar-refractivity contribution in [3.8, 4) is 0 Å². The molecule has 0 aromatic carbocycles. The molecule has 0 atom stereocenters. The molecule has 10 heavy (non-hydrogen) atoms. The monoisotopic (exact) mass is 195 g/mol. The molecular formula is C6H7Cl2NS. The molecular weight excluding hydrogens is 189 g/mol. The highest BCUT2D eigenvalue weighted by Gasteiger charge is 2.21. The van der Waals surface area contributed by atoms with E-state index in [1.165, 1.54) is 11.9 Å². The number of halogens is 2. The average Bonchev–Trinajstić information content (AvgIpc) is 1.88. The number of hydrogen-bond acceptors (Lipinski definition) is 2. The van der Waals surface area contributed by atoms with Gasteiger partial charge < -0.3 is 0 Å². The normalized spacial score (nSPS) is 22.5. The maximum Gasteiger partial charge on any atom is 0.140 e. The fourth-order valence-corrected chi connectivity index (χ4v) is 1.27. The summed E-state index contributed by atoms with van der Waals surface area (Å²) in [4.78, 5) is 1.01. The molecule has 1 aliphatic rings. The fourth-order valence-electron chi connectivity index (χ4n) is 0.664. The lowest BCUT2D eigenvalue weighted by Gasteiger charge is -2.16. The zero-order valence-corrected chi connectivity index (χ0v) is 7.51. The molecule has 0 saturated heterocycles. The molecule has 1 nitrogen and oxygen atoms in total. The molecule has 0 fully saturated rings. The Kier molecular flexibility index (Phi) is 2.69. The van der Waals surface area contributed by atoms with E-state index in [0.717, 1.165) is 4.91 Å². The molecule has 0 aromatic rings. The number of allylic oxidation sites excluding steroid dienone is 3. The van der Waals surface area contributed by atoms with Crippen LogP contribution in [0, 0.1) is 0 Å². The molecule has 0 unspecified atom stereocenters. The minimum Gasteiger partial charge on any atom is -0.274 e. The second-order valence-corrected chi connectivity index (χ2v) is 4.27. The van der Waals surface area contributed by atoms with Crippen molar-refractivity contribution < 1.29 is 0 Å². The third-order valence-electron chi connectivity index (χ3n) is 1.20. The number of hydrogen-bond donors (Lipinski definition) is 1. The van der Waals surface area contributed by atoms with Crippen LogP contribution in [0.3, 0.4) is 0 Å². The van der Waals surface area contributed by atoms with Gasteiger partial charge >= 0.3 is 0 Å². The highest BCUT2D eigenvalue weighted by molar-refractivity contribution is 8.01. The fraction of sp³-hybridized carbons (Fsp3) is 0.333. The zero-order chi connectivity index (χ0) is 7.61. The van der Waals surface area contributed by atoms with Crippen molar-refractivity contribution in [2.75, 3.05) is 0 Å². The van der Waals surface area contributed by atoms with Crippen LogP contribution in [-0.4, -0.2) is 4.33 Å². The second-order valence-electron chi connectivity index (χ2n) is 2.02. The predicted molar refractivity (Wildman–Crippen MR) is 48.1 cm³/mol. The molecule has 1 rings (SSSR count). The van der Waals surface area contributed by atoms with Crippen LogP contribution >= 0.6 is 35.1 Å². The molecule has 0 heterocycles. The number of alkyl halides is 2. The van der Waals surface area contributed by atoms with E-state index in [-0.39, 0.29) is 0 Å². The maximum absolute atomic E-state index is 5.78. The summed E-state index contributed by atoms with van der Waals surface area (Å²) in [6.07, 6.45) is 6.12. The number of nitrogens with two attached hydrogens (primary N) is 1. The Balaban J connectivity index is 2.63. The lowest BCUT2D eigenvalue weighted by atomic mass is 10.2. The van der Waals surface area contributed by atoms with Gasteiger partial charge in [0.05, 0.1) is 0 Å². The standard InChI is InChI=1S/C6H7Cl2NS/c7-6(8)3-1-5(10-9)2-4-6/h1-3H,4,9H2. The van der Waals surface area contributed by atoms with Crippen molar-refractivity contribution in [1.29, 1.82) is 0 Å². The molecule has 2 N–H and O–H groups in total. The Morgan fingerprint density at radius 3 is 2.70 bits per heavy atom. The third kappa shape index (κ3) is 2.20. The largest absolute Gasteiger partial charge is 0.274 e. The van der Waals surface area contributed by atoms with Crippen LogP contribution in [-0.2, 0) is 0 Å². The molecule has 0 aliphatic heterocycles. The summed E-state index contributed by atoms with van der Waals surface area (Å²) in [6, 6.07) is 0. The van der Waals surface area contributed by atoms with Gasteiger partial charge in [0.2, 0.25) is 0 Å². The van der Waals surface area contributed by atoms with E-state index in [0.29, 0.717) is 6.42 Å². The summed E-state index contributed by atoms with van der Waals surface area (Å²) in [6.45, 7) is 0. The van der Waals surface area contributed by atoms with Gasteiger partial charge in [0.1, 0.15) is 4.33 Å². The number of rotatable bonds is 1. The van der Waals surface area contributed by atoms with Crippen molar-refractivity contribution in [3.05, 3.63) is 23.1 Å². The van der Waals surface area contributed by atoms with Crippen LogP contribution in [0.1, 0.15) is 6.42 Å². The zero-order valence-electron chi connectivity index (χ0n) is 5.18. The van der Waals surface area contributed by atoms with Crippen molar-refractivity contribution in [2.45, 2.75) is 10.8 Å². The summed E-state index contributed by atoms with van der Waals surface area (Å²) in [5.74, 6) is 0. The Bertz CT molecular complexity index is 186. The highest BCUT2D eigenvalue weighted by Crippen LogP contribution is 2.33. The highest BCUT2D eigenvalue weighted by atomic mass is 35.5. The van der Waals surface area contributed by atoms with E-state index < -0.39 is 4.33 Å². The average molecular weight is 196 g/mol. The minimum atomic E-state index is -0.723. The van der Waals surface area contributed by atoms with Gasteiger partial charge in [0, 0.05) is 11.3 Å². The van der Waals surface area contributed by atoms with E-state index in [1.54, 1.807) is 6.08 Å². The lowest BCUT2D eigenvalue weighted by molar-refractivity contribution is 0.958. The minimum absolute atomic E-state index is 0.631. The van der Waals surface area contributed by atoms with Gasteiger partial charge in [0.15, 0.2) is 0 Å². The molecule has 56 valence electrons. The van der Waals surface area contributed by atoms with Crippen molar-refractivity contribution in [3.63, 3.8) is 0 Å². The van der Waals surface area contributed by atoms with Gasteiger partial charge in [-0.3, -0.25) is 5.14 Å². The van der Waals surface area contributed by atoms with E-state index >= 15 is 0 Å². The molecule has 0 amide bonds. The van der Waals surface area contributed by atoms with Gasteiger partial charge in [0.25, 0.3) is 0 Å². The topological polar surface area (TPSA) is 26.0 Å². The summed E-state index contributed by atoms with van der Waals surface area (Å²) >= 11 is 12.8. The van der Waals surface area contributed by atoms with E-state index in [2.05, 4.69) is 0 Å². The third-order valence-corrected chi connectivity index (χ3v) is 2.34. The SMILES string of the molecule is NSC1=CCC(Cl)(Cl)C=C1. The van der Waals surface area contributed by atoms with E-state index in [4.69, 9.17) is 28.3 Å². The maximum atomic E-state index is 5.78. The summed E-state index contributed by atoms with van der Waals surface area (Å²) in [7, 11) is 0. The molecule has 0 aromatic heterocycles. The van der Waals surface area contributed by atoms with Crippen LogP contribution in [0.2, 0.25) is 0 Å². The molecule has 0 spiro atoms. The van der Waals surface area contributed by atoms with Gasteiger partial charge in [-0.2, -0.15) is 0 Å². The van der Waals surface area contributed by atoms with Crippen LogP contribution in [0.25, 0.3) is 0 Å². The van der Waals surface area contributed by atoms with Gasteiger partial charge in [-0.25, -0.2) is 0 Å². The van der Waals surface area contributed by atoms with Crippen LogP contribution in [0.4, 0.5) is 0 Å². The first-order valence-corrected chi connectivity index (χ1v) is 4.41. The molecule has 0 saturated carbocycles. The first-order valence-electron chi connectivity index (χ1n) is 2.78. The summed E-state index contributed by atoms with van der Waals surface area (Å²) in [5, 5.41) is 5.30. The summed E-state index contributed by atoms with van der Waals surface area (Å²) in [5.41, 5.74) is 0. The smallest absolute Gasteiger partial charge is 0.140 e. The molecule has 1 aliphatic carbocycles. The van der Waals surface area contributed by atoms with Gasteiger partial charge in [-0.05, 0) is 24.1 Å². The van der Waals surface area contributed by atoms with Crippen molar-refractivity contribution >= 4 is 35.1 Å². The van der Waals surface area contributed by atoms with Gasteiger partial charge in [-0.1, -0.05) is 29.3 Å². The Morgan fingerprint density at radius 1 is 1.60 bits per heavy atom. The van der Waals surface area contributed by atoms with Crippen LogP contribution in [0.5, 0.6) is 0 Å². The Morgan fingerprint density at radius 2 is 2.30 bits per heavy atom. The Labute approximate surface area is 74.4 Å². The predicted octanol–water partition coefficient (Wildman–Crippen LogP) is 2.61. The molecule has 0 radical (unpaired) electrons. The first-order chi connectivity index (χ1) is 4.64. The van der Waals surface area contributed by atoms with Crippen molar-refractivity contribution in [1.82, 2.24) is 0 Å². The molecule has 4 heteroatoms. The van der Waals surface area contributed by atoms with Crippen LogP contribution < -0.4 is 5.14 Å². The van der Waals surface area contributed by atoms with E-state index in [1.807, 2.05) is 12.2 Å². The molecule has 0 bridgehead atoms. The quantitative estimate of drug-likeness (QED) is 0.515. The van der Waals surface area contributed by atoms with Gasteiger partial charge in [-0.15, -0.1) is 0 Å². The Hall–Kier alpha value is 0.370. The lowest BCUT2D eigenvalue weighted by Crippen LogP contribution is -2.09. The van der Waals surface area contributed by atoms with E-state index in [9.17, 15) is 0 Å². The van der Waals surface area contributed by atoms with Crippen molar-refractivity contribution in [2.24, 2.45) is 5.14 Å². The van der Waals surface area contributed by atoms with Crippen LogP contribution in [0.15, 0.2) is 23.1 Å². The summed E-state index contributed by atoms with van der Waals surface area (Å²) < 4.78 is -0.723. The first kappa shape index (κ1) is 8.47.